The van der Waals surface area contributed by atoms with Crippen LogP contribution in [0, 0.1) is 18.6 Å². The van der Waals surface area contributed by atoms with Crippen LogP contribution in [0.3, 0.4) is 0 Å². The zero-order chi connectivity index (χ0) is 22.7. The van der Waals surface area contributed by atoms with E-state index in [4.69, 9.17) is 10.6 Å². The van der Waals surface area contributed by atoms with E-state index in [1.54, 1.807) is 0 Å². The molecule has 1 aliphatic heterocycles. The Labute approximate surface area is 185 Å². The lowest BCUT2D eigenvalue weighted by molar-refractivity contribution is 0.0411. The minimum atomic E-state index is -0.991. The van der Waals surface area contributed by atoms with Crippen LogP contribution in [-0.4, -0.2) is 40.8 Å². The average Bonchev–Trinajstić information content (AvgIpc) is 2.80. The molecule has 168 valence electrons. The van der Waals surface area contributed by atoms with Gasteiger partial charge in [0.05, 0.1) is 11.3 Å². The van der Waals surface area contributed by atoms with Gasteiger partial charge in [-0.3, -0.25) is 4.79 Å². The van der Waals surface area contributed by atoms with E-state index in [9.17, 15) is 13.6 Å². The van der Waals surface area contributed by atoms with Crippen molar-refractivity contribution in [3.63, 3.8) is 0 Å². The van der Waals surface area contributed by atoms with Gasteiger partial charge in [-0.15, -0.1) is 0 Å². The van der Waals surface area contributed by atoms with E-state index < -0.39 is 23.1 Å². The van der Waals surface area contributed by atoms with Gasteiger partial charge in [0, 0.05) is 50.3 Å². The number of rotatable bonds is 5. The van der Waals surface area contributed by atoms with Gasteiger partial charge in [0.1, 0.15) is 17.7 Å². The summed E-state index contributed by atoms with van der Waals surface area (Å²) < 4.78 is 28.4. The summed E-state index contributed by atoms with van der Waals surface area (Å²) in [5.74, 6) is -1.74. The Hall–Kier alpha value is -3.36. The first-order chi connectivity index (χ1) is 15.4. The highest BCUT2D eigenvalue weighted by molar-refractivity contribution is 5.94. The maximum Gasteiger partial charge on any atom is 0.251 e. The van der Waals surface area contributed by atoms with Gasteiger partial charge in [-0.2, -0.15) is 0 Å². The molecule has 0 saturated carbocycles. The third-order valence-electron chi connectivity index (χ3n) is 5.76. The number of aromatic nitrogens is 2. The number of piperidine rings is 1. The van der Waals surface area contributed by atoms with Crippen LogP contribution in [-0.2, 0) is 4.84 Å². The first-order valence-corrected chi connectivity index (χ1v) is 10.6. The zero-order valence-electron chi connectivity index (χ0n) is 17.9. The number of oxime groups is 1. The van der Waals surface area contributed by atoms with Crippen LogP contribution in [0.4, 0.5) is 14.7 Å². The van der Waals surface area contributed by atoms with Crippen molar-refractivity contribution < 1.29 is 18.4 Å². The van der Waals surface area contributed by atoms with Crippen molar-refractivity contribution in [3.8, 4) is 0 Å². The number of carbonyl (C=O) groups excluding carboxylic acids is 1. The number of allylic oxidation sites excluding steroid dienone is 2. The number of nitrogens with zero attached hydrogens (tertiary/aromatic N) is 4. The Bertz CT molecular complexity index is 1060. The minimum absolute atomic E-state index is 0.0301. The molecule has 0 spiro atoms. The summed E-state index contributed by atoms with van der Waals surface area (Å²) in [5, 5.41) is 4.31. The van der Waals surface area contributed by atoms with Crippen LogP contribution in [0.15, 0.2) is 35.8 Å². The lowest BCUT2D eigenvalue weighted by atomic mass is 9.91. The number of aryl methyl sites for hydroxylation is 1. The van der Waals surface area contributed by atoms with Gasteiger partial charge in [0.25, 0.3) is 5.91 Å². The fourth-order valence-electron chi connectivity index (χ4n) is 3.89. The van der Waals surface area contributed by atoms with Crippen LogP contribution in [0.1, 0.15) is 53.6 Å². The minimum Gasteiger partial charge on any atom is -0.392 e. The van der Waals surface area contributed by atoms with Gasteiger partial charge in [-0.1, -0.05) is 11.2 Å². The van der Waals surface area contributed by atoms with Crippen LogP contribution >= 0.6 is 0 Å². The molecule has 1 fully saturated rings. The van der Waals surface area contributed by atoms with Crippen LogP contribution in [0.25, 0.3) is 5.57 Å². The van der Waals surface area contributed by atoms with Crippen molar-refractivity contribution in [2.45, 2.75) is 45.1 Å². The third kappa shape index (κ3) is 4.92. The Morgan fingerprint density at radius 2 is 1.88 bits per heavy atom. The molecule has 0 unspecified atom stereocenters. The summed E-state index contributed by atoms with van der Waals surface area (Å²) in [5.41, 5.74) is 7.36. The predicted molar refractivity (Wildman–Crippen MR) is 117 cm³/mol. The summed E-state index contributed by atoms with van der Waals surface area (Å²) >= 11 is 0. The molecule has 2 N–H and O–H groups in total. The second-order valence-electron chi connectivity index (χ2n) is 8.12. The molecule has 2 aromatic rings. The Balaban J connectivity index is 1.32. The molecule has 2 heterocycles. The highest BCUT2D eigenvalue weighted by atomic mass is 19.1. The molecule has 0 radical (unpaired) electrons. The quantitative estimate of drug-likeness (QED) is 0.713. The van der Waals surface area contributed by atoms with E-state index >= 15 is 0 Å². The van der Waals surface area contributed by atoms with E-state index in [2.05, 4.69) is 20.0 Å². The maximum absolute atomic E-state index is 14.4. The smallest absolute Gasteiger partial charge is 0.251 e. The van der Waals surface area contributed by atoms with Gasteiger partial charge in [0.15, 0.2) is 0 Å². The predicted octanol–water partition coefficient (Wildman–Crippen LogP) is 3.77. The second kappa shape index (κ2) is 9.42. The summed E-state index contributed by atoms with van der Waals surface area (Å²) in [4.78, 5) is 27.8. The second-order valence-corrected chi connectivity index (χ2v) is 8.12. The van der Waals surface area contributed by atoms with E-state index in [-0.39, 0.29) is 11.7 Å². The van der Waals surface area contributed by atoms with Gasteiger partial charge in [0.2, 0.25) is 5.95 Å². The average molecular weight is 441 g/mol. The molecule has 1 aliphatic carbocycles. The number of carbonyl (C=O) groups is 1. The van der Waals surface area contributed by atoms with Crippen LogP contribution < -0.4 is 10.6 Å². The number of benzene rings is 1. The summed E-state index contributed by atoms with van der Waals surface area (Å²) in [6, 6.07) is 1.89. The monoisotopic (exact) mass is 441 g/mol. The van der Waals surface area contributed by atoms with Crippen molar-refractivity contribution in [1.29, 1.82) is 0 Å². The molecular formula is C23H25F2N5O2. The van der Waals surface area contributed by atoms with E-state index in [0.717, 1.165) is 55.3 Å². The molecule has 1 aromatic carbocycles. The molecule has 1 amide bonds. The van der Waals surface area contributed by atoms with Gasteiger partial charge < -0.3 is 15.5 Å². The SMILES string of the molecule is Cc1cnc(N2CCC(ON=C3CC=C(c4cc(F)c(C(N)=O)cc4F)CC3)CC2)nc1. The summed E-state index contributed by atoms with van der Waals surface area (Å²) in [6.45, 7) is 3.56. The topological polar surface area (TPSA) is 93.7 Å². The third-order valence-corrected chi connectivity index (χ3v) is 5.76. The van der Waals surface area contributed by atoms with Gasteiger partial charge in [-0.05, 0) is 43.0 Å². The van der Waals surface area contributed by atoms with Crippen molar-refractivity contribution in [2.24, 2.45) is 10.9 Å². The number of primary amides is 1. The van der Waals surface area contributed by atoms with Crippen molar-refractivity contribution in [1.82, 2.24) is 9.97 Å². The number of nitrogens with two attached hydrogens (primary N) is 1. The first-order valence-electron chi connectivity index (χ1n) is 10.6. The van der Waals surface area contributed by atoms with Gasteiger partial charge >= 0.3 is 0 Å². The normalized spacial score (nSPS) is 18.5. The Kier molecular flexibility index (Phi) is 6.43. The highest BCUT2D eigenvalue weighted by Gasteiger charge is 2.23. The number of amides is 1. The number of hydrogen-bond acceptors (Lipinski definition) is 6. The molecule has 9 heteroatoms. The Morgan fingerprint density at radius 1 is 1.16 bits per heavy atom. The fourth-order valence-corrected chi connectivity index (χ4v) is 3.89. The summed E-state index contributed by atoms with van der Waals surface area (Å²) in [7, 11) is 0. The standard InChI is InChI=1S/C23H25F2N5O2/c1-14-12-27-23(28-13-14)30-8-6-17(7-9-30)32-29-16-4-2-15(3-5-16)18-10-21(25)19(22(26)31)11-20(18)24/h2,10-13,17H,3-9H2,1H3,(H2,26,31). The van der Waals surface area contributed by atoms with Crippen LogP contribution in [0.2, 0.25) is 0 Å². The number of halogens is 2. The molecule has 0 atom stereocenters. The van der Waals surface area contributed by atoms with E-state index in [1.165, 1.54) is 0 Å². The number of anilines is 1. The maximum atomic E-state index is 14.4. The molecule has 1 aromatic heterocycles. The van der Waals surface area contributed by atoms with Crippen molar-refractivity contribution in [3.05, 3.63) is 58.9 Å². The number of hydrogen-bond donors (Lipinski definition) is 1. The van der Waals surface area contributed by atoms with E-state index in [0.29, 0.717) is 24.8 Å². The van der Waals surface area contributed by atoms with E-state index in [1.807, 2.05) is 25.4 Å². The largest absolute Gasteiger partial charge is 0.392 e. The lowest BCUT2D eigenvalue weighted by Crippen LogP contribution is -2.37. The van der Waals surface area contributed by atoms with Gasteiger partial charge in [-0.25, -0.2) is 18.7 Å². The van der Waals surface area contributed by atoms with Crippen molar-refractivity contribution in [2.75, 3.05) is 18.0 Å². The zero-order valence-corrected chi connectivity index (χ0v) is 17.9. The molecular weight excluding hydrogens is 416 g/mol. The lowest BCUT2D eigenvalue weighted by Gasteiger charge is -2.30. The molecule has 0 bridgehead atoms. The molecule has 32 heavy (non-hydrogen) atoms. The highest BCUT2D eigenvalue weighted by Crippen LogP contribution is 2.29. The van der Waals surface area contributed by atoms with Crippen LogP contribution in [0.5, 0.6) is 0 Å². The first kappa shape index (κ1) is 21.9. The molecule has 1 saturated heterocycles. The molecule has 2 aliphatic rings. The molecule has 7 nitrogen and oxygen atoms in total. The fraction of sp³-hybridized carbons (Fsp3) is 0.391. The van der Waals surface area contributed by atoms with Crippen molar-refractivity contribution >= 4 is 23.1 Å². The summed E-state index contributed by atoms with van der Waals surface area (Å²) in [6.07, 6.45) is 8.75. The Morgan fingerprint density at radius 3 is 2.50 bits per heavy atom. The molecule has 4 rings (SSSR count).